The van der Waals surface area contributed by atoms with Gasteiger partial charge in [0.15, 0.2) is 0 Å². The molecular formula is C13H11ClO2S. The normalized spacial score (nSPS) is 10.4. The quantitative estimate of drug-likeness (QED) is 0.912. The molecule has 2 nitrogen and oxygen atoms in total. The molecule has 1 heterocycles. The molecule has 0 amide bonds. The predicted molar refractivity (Wildman–Crippen MR) is 70.1 cm³/mol. The van der Waals surface area contributed by atoms with Gasteiger partial charge in [0.2, 0.25) is 0 Å². The fraction of sp³-hybridized carbons (Fsp3) is 0.154. The zero-order valence-corrected chi connectivity index (χ0v) is 10.6. The second-order valence-electron chi connectivity index (χ2n) is 3.73. The van der Waals surface area contributed by atoms with Gasteiger partial charge in [-0.15, -0.1) is 11.3 Å². The summed E-state index contributed by atoms with van der Waals surface area (Å²) in [4.78, 5) is 11.8. The number of carboxylic acid groups (broad SMARTS) is 1. The molecule has 0 aliphatic rings. The Hall–Kier alpha value is -1.32. The summed E-state index contributed by atoms with van der Waals surface area (Å²) in [7, 11) is 0. The van der Waals surface area contributed by atoms with Crippen molar-refractivity contribution in [3.05, 3.63) is 56.7 Å². The molecule has 0 bridgehead atoms. The van der Waals surface area contributed by atoms with Gasteiger partial charge in [-0.2, -0.15) is 0 Å². The lowest BCUT2D eigenvalue weighted by Crippen LogP contribution is -1.92. The Morgan fingerprint density at radius 2 is 1.94 bits per heavy atom. The molecule has 17 heavy (non-hydrogen) atoms. The van der Waals surface area contributed by atoms with Crippen LogP contribution in [0.2, 0.25) is 5.02 Å². The molecule has 0 saturated heterocycles. The molecule has 0 saturated carbocycles. The van der Waals surface area contributed by atoms with Crippen LogP contribution in [0, 0.1) is 0 Å². The van der Waals surface area contributed by atoms with Crippen LogP contribution in [0.5, 0.6) is 0 Å². The van der Waals surface area contributed by atoms with Gasteiger partial charge in [-0.3, -0.25) is 0 Å². The minimum atomic E-state index is -0.862. The maximum Gasteiger partial charge on any atom is 0.336 e. The zero-order valence-electron chi connectivity index (χ0n) is 9.02. The molecule has 1 aromatic carbocycles. The monoisotopic (exact) mass is 266 g/mol. The molecule has 2 aromatic rings. The number of carboxylic acids is 1. The van der Waals surface area contributed by atoms with E-state index in [0.29, 0.717) is 5.56 Å². The van der Waals surface area contributed by atoms with Crippen LogP contribution in [-0.2, 0) is 12.8 Å². The summed E-state index contributed by atoms with van der Waals surface area (Å²) in [5.41, 5.74) is 1.58. The Balaban J connectivity index is 1.97. The molecule has 0 aliphatic carbocycles. The molecule has 2 rings (SSSR count). The van der Waals surface area contributed by atoms with Crippen LogP contribution in [0.25, 0.3) is 0 Å². The van der Waals surface area contributed by atoms with E-state index in [1.807, 2.05) is 24.3 Å². The number of hydrogen-bond donors (Lipinski definition) is 1. The number of halogens is 1. The van der Waals surface area contributed by atoms with Crippen molar-refractivity contribution in [2.45, 2.75) is 12.8 Å². The van der Waals surface area contributed by atoms with E-state index < -0.39 is 5.97 Å². The topological polar surface area (TPSA) is 37.3 Å². The molecule has 0 radical (unpaired) electrons. The van der Waals surface area contributed by atoms with Gasteiger partial charge in [-0.05, 0) is 36.6 Å². The van der Waals surface area contributed by atoms with Crippen LogP contribution in [0.4, 0.5) is 0 Å². The van der Waals surface area contributed by atoms with Crippen molar-refractivity contribution < 1.29 is 9.90 Å². The molecular weight excluding hydrogens is 256 g/mol. The van der Waals surface area contributed by atoms with Gasteiger partial charge in [-0.1, -0.05) is 23.7 Å². The Bertz CT molecular complexity index is 516. The van der Waals surface area contributed by atoms with Crippen LogP contribution in [0.3, 0.4) is 0 Å². The van der Waals surface area contributed by atoms with Gasteiger partial charge in [0.05, 0.1) is 5.56 Å². The van der Waals surface area contributed by atoms with Crippen molar-refractivity contribution in [3.63, 3.8) is 0 Å². The van der Waals surface area contributed by atoms with Gasteiger partial charge in [0, 0.05) is 15.3 Å². The van der Waals surface area contributed by atoms with E-state index in [1.54, 1.807) is 11.4 Å². The van der Waals surface area contributed by atoms with E-state index in [9.17, 15) is 4.79 Å². The summed E-state index contributed by atoms with van der Waals surface area (Å²) < 4.78 is 0. The summed E-state index contributed by atoms with van der Waals surface area (Å²) >= 11 is 7.30. The van der Waals surface area contributed by atoms with Gasteiger partial charge < -0.3 is 5.11 Å². The van der Waals surface area contributed by atoms with Crippen molar-refractivity contribution in [2.24, 2.45) is 0 Å². The highest BCUT2D eigenvalue weighted by Gasteiger charge is 2.06. The maximum atomic E-state index is 10.7. The summed E-state index contributed by atoms with van der Waals surface area (Å²) in [5, 5.41) is 11.2. The third-order valence-corrected chi connectivity index (χ3v) is 3.72. The van der Waals surface area contributed by atoms with Crippen molar-refractivity contribution in [1.29, 1.82) is 0 Å². The largest absolute Gasteiger partial charge is 0.478 e. The Labute approximate surface area is 108 Å². The Kier molecular flexibility index (Phi) is 3.82. The van der Waals surface area contributed by atoms with Crippen LogP contribution in [0.15, 0.2) is 35.7 Å². The number of aryl methyl sites for hydroxylation is 2. The third-order valence-electron chi connectivity index (χ3n) is 2.47. The van der Waals surface area contributed by atoms with Crippen LogP contribution in [0.1, 0.15) is 20.8 Å². The number of hydrogen-bond acceptors (Lipinski definition) is 2. The first-order valence-electron chi connectivity index (χ1n) is 5.20. The van der Waals surface area contributed by atoms with Gasteiger partial charge >= 0.3 is 5.97 Å². The van der Waals surface area contributed by atoms with Crippen LogP contribution in [-0.4, -0.2) is 11.1 Å². The standard InChI is InChI=1S/C13H11ClO2S/c14-11-4-1-9(2-5-11)3-6-12-7-10(8-17-12)13(15)16/h1-2,4-5,7-8H,3,6H2,(H,15,16). The van der Waals surface area contributed by atoms with E-state index in [2.05, 4.69) is 0 Å². The Morgan fingerprint density at radius 1 is 1.24 bits per heavy atom. The average Bonchev–Trinajstić information content (AvgIpc) is 2.77. The maximum absolute atomic E-state index is 10.7. The molecule has 1 N–H and O–H groups in total. The molecule has 4 heteroatoms. The minimum Gasteiger partial charge on any atom is -0.478 e. The fourth-order valence-corrected chi connectivity index (χ4v) is 2.53. The van der Waals surface area contributed by atoms with Crippen molar-refractivity contribution in [1.82, 2.24) is 0 Å². The first-order valence-corrected chi connectivity index (χ1v) is 6.46. The second kappa shape index (κ2) is 5.34. The van der Waals surface area contributed by atoms with Crippen molar-refractivity contribution in [2.75, 3.05) is 0 Å². The SMILES string of the molecule is O=C(O)c1csc(CCc2ccc(Cl)cc2)c1. The highest BCUT2D eigenvalue weighted by Crippen LogP contribution is 2.18. The number of carbonyl (C=O) groups is 1. The summed E-state index contributed by atoms with van der Waals surface area (Å²) in [6, 6.07) is 9.47. The smallest absolute Gasteiger partial charge is 0.336 e. The summed E-state index contributed by atoms with van der Waals surface area (Å²) in [5.74, 6) is -0.862. The van der Waals surface area contributed by atoms with Gasteiger partial charge in [0.25, 0.3) is 0 Å². The number of rotatable bonds is 4. The van der Waals surface area contributed by atoms with Crippen LogP contribution < -0.4 is 0 Å². The highest BCUT2D eigenvalue weighted by atomic mass is 35.5. The fourth-order valence-electron chi connectivity index (χ4n) is 1.54. The van der Waals surface area contributed by atoms with E-state index in [0.717, 1.165) is 22.7 Å². The highest BCUT2D eigenvalue weighted by molar-refractivity contribution is 7.10. The lowest BCUT2D eigenvalue weighted by atomic mass is 10.1. The van der Waals surface area contributed by atoms with Gasteiger partial charge in [-0.25, -0.2) is 4.79 Å². The molecule has 0 aliphatic heterocycles. The van der Waals surface area contributed by atoms with E-state index in [1.165, 1.54) is 16.9 Å². The average molecular weight is 267 g/mol. The first-order chi connectivity index (χ1) is 8.15. The molecule has 0 atom stereocenters. The lowest BCUT2D eigenvalue weighted by molar-refractivity contribution is 0.0697. The van der Waals surface area contributed by atoms with Crippen LogP contribution >= 0.6 is 22.9 Å². The van der Waals surface area contributed by atoms with E-state index in [-0.39, 0.29) is 0 Å². The second-order valence-corrected chi connectivity index (χ2v) is 5.17. The molecule has 0 unspecified atom stereocenters. The number of benzene rings is 1. The van der Waals surface area contributed by atoms with Crippen molar-refractivity contribution >= 4 is 28.9 Å². The number of thiophene rings is 1. The lowest BCUT2D eigenvalue weighted by Gasteiger charge is -1.99. The molecule has 1 aromatic heterocycles. The van der Waals surface area contributed by atoms with E-state index in [4.69, 9.17) is 16.7 Å². The summed E-state index contributed by atoms with van der Waals surface area (Å²) in [6.07, 6.45) is 1.76. The predicted octanol–water partition coefficient (Wildman–Crippen LogP) is 3.88. The van der Waals surface area contributed by atoms with E-state index >= 15 is 0 Å². The third kappa shape index (κ3) is 3.32. The van der Waals surface area contributed by atoms with Crippen molar-refractivity contribution in [3.8, 4) is 0 Å². The molecule has 0 fully saturated rings. The first kappa shape index (κ1) is 12.1. The zero-order chi connectivity index (χ0) is 12.3. The van der Waals surface area contributed by atoms with Gasteiger partial charge in [0.1, 0.15) is 0 Å². The summed E-state index contributed by atoms with van der Waals surface area (Å²) in [6.45, 7) is 0. The molecule has 0 spiro atoms. The molecule has 88 valence electrons. The number of aromatic carboxylic acids is 1. The Morgan fingerprint density at radius 3 is 2.53 bits per heavy atom. The minimum absolute atomic E-state index is 0.376.